The Morgan fingerprint density at radius 1 is 0.426 bits per heavy atom. The number of nitrogens with zero attached hydrogens (tertiary/aromatic N) is 2. The zero-order chi connectivity index (χ0) is 36.3. The van der Waals surface area contributed by atoms with Crippen molar-refractivity contribution in [1.29, 1.82) is 0 Å². The minimum Gasteiger partial charge on any atom is -0.311 e. The van der Waals surface area contributed by atoms with Crippen molar-refractivity contribution in [3.63, 3.8) is 0 Å². The molecule has 3 unspecified atom stereocenters. The second-order valence-electron chi connectivity index (χ2n) is 16.2. The third kappa shape index (κ3) is 5.22. The molecule has 0 aliphatic heterocycles. The molecule has 7 aromatic carbocycles. The first kappa shape index (κ1) is 32.8. The van der Waals surface area contributed by atoms with Gasteiger partial charge in [-0.2, -0.15) is 0 Å². The Morgan fingerprint density at radius 2 is 0.870 bits per heavy atom. The number of para-hydroxylation sites is 3. The van der Waals surface area contributed by atoms with Gasteiger partial charge in [0, 0.05) is 45.0 Å². The lowest BCUT2D eigenvalue weighted by molar-refractivity contribution is 0.320. The van der Waals surface area contributed by atoms with Crippen LogP contribution < -0.4 is 9.80 Å². The molecule has 0 amide bonds. The molecule has 54 heavy (non-hydrogen) atoms. The summed E-state index contributed by atoms with van der Waals surface area (Å²) in [6, 6.07) is 67.5. The highest BCUT2D eigenvalue weighted by molar-refractivity contribution is 5.86. The van der Waals surface area contributed by atoms with Crippen LogP contribution in [0.4, 0.5) is 34.1 Å². The van der Waals surface area contributed by atoms with Gasteiger partial charge in [0.2, 0.25) is 0 Å². The molecule has 0 aromatic heterocycles. The lowest BCUT2D eigenvalue weighted by Gasteiger charge is -2.40. The van der Waals surface area contributed by atoms with Gasteiger partial charge in [0.15, 0.2) is 0 Å². The first-order valence-corrected chi connectivity index (χ1v) is 19.7. The second-order valence-corrected chi connectivity index (χ2v) is 16.2. The van der Waals surface area contributed by atoms with Gasteiger partial charge < -0.3 is 9.80 Å². The van der Waals surface area contributed by atoms with E-state index in [1.54, 1.807) is 0 Å². The van der Waals surface area contributed by atoms with Gasteiger partial charge in [-0.05, 0) is 137 Å². The van der Waals surface area contributed by atoms with Gasteiger partial charge in [0.1, 0.15) is 0 Å². The van der Waals surface area contributed by atoms with Crippen molar-refractivity contribution >= 4 is 34.1 Å². The van der Waals surface area contributed by atoms with E-state index in [2.05, 4.69) is 206 Å². The van der Waals surface area contributed by atoms with Crippen molar-refractivity contribution < 1.29 is 0 Å². The predicted molar refractivity (Wildman–Crippen MR) is 226 cm³/mol. The van der Waals surface area contributed by atoms with Gasteiger partial charge in [-0.1, -0.05) is 129 Å². The van der Waals surface area contributed by atoms with Crippen molar-refractivity contribution in [2.75, 3.05) is 9.80 Å². The van der Waals surface area contributed by atoms with E-state index in [-0.39, 0.29) is 10.8 Å². The molecule has 0 spiro atoms. The van der Waals surface area contributed by atoms with Crippen molar-refractivity contribution in [3.8, 4) is 11.1 Å². The Labute approximate surface area is 320 Å². The van der Waals surface area contributed by atoms with Gasteiger partial charge in [0.05, 0.1) is 0 Å². The minimum absolute atomic E-state index is 0.0156. The molecule has 7 aromatic rings. The fraction of sp³-hybridized carbons (Fsp3) is 0.192. The average Bonchev–Trinajstić information content (AvgIpc) is 3.91. The molecule has 0 saturated heterocycles. The molecule has 3 atom stereocenters. The van der Waals surface area contributed by atoms with E-state index >= 15 is 0 Å². The van der Waals surface area contributed by atoms with E-state index in [1.807, 2.05) is 0 Å². The monoisotopic (exact) mass is 698 g/mol. The second kappa shape index (κ2) is 12.9. The van der Waals surface area contributed by atoms with Crippen LogP contribution in [0.25, 0.3) is 11.1 Å². The highest BCUT2D eigenvalue weighted by Crippen LogP contribution is 2.60. The van der Waals surface area contributed by atoms with Gasteiger partial charge in [0.25, 0.3) is 0 Å². The molecule has 3 aliphatic rings. The first-order valence-electron chi connectivity index (χ1n) is 19.7. The van der Waals surface area contributed by atoms with Crippen LogP contribution in [0.2, 0.25) is 0 Å². The molecule has 3 aliphatic carbocycles. The van der Waals surface area contributed by atoms with E-state index in [0.29, 0.717) is 5.92 Å². The highest BCUT2D eigenvalue weighted by Gasteiger charge is 2.52. The smallest absolute Gasteiger partial charge is 0.0468 e. The molecule has 2 nitrogen and oxygen atoms in total. The summed E-state index contributed by atoms with van der Waals surface area (Å²) in [7, 11) is 0. The van der Waals surface area contributed by atoms with Crippen LogP contribution in [-0.4, -0.2) is 0 Å². The summed E-state index contributed by atoms with van der Waals surface area (Å²) in [5.41, 5.74) is 15.5. The van der Waals surface area contributed by atoms with Crippen LogP contribution in [-0.2, 0) is 10.8 Å². The Kier molecular flexibility index (Phi) is 7.84. The molecule has 2 heteroatoms. The van der Waals surface area contributed by atoms with Crippen LogP contribution in [0.3, 0.4) is 0 Å². The molecule has 2 fully saturated rings. The molecule has 0 radical (unpaired) electrons. The summed E-state index contributed by atoms with van der Waals surface area (Å²) in [4.78, 5) is 4.80. The van der Waals surface area contributed by atoms with E-state index in [0.717, 1.165) is 5.92 Å². The van der Waals surface area contributed by atoms with Crippen LogP contribution in [0, 0.1) is 11.8 Å². The molecular formula is C52H46N2. The van der Waals surface area contributed by atoms with Crippen LogP contribution in [0.15, 0.2) is 182 Å². The molecule has 264 valence electrons. The van der Waals surface area contributed by atoms with Gasteiger partial charge in [-0.15, -0.1) is 0 Å². The molecule has 0 N–H and O–H groups in total. The number of benzene rings is 7. The van der Waals surface area contributed by atoms with Gasteiger partial charge in [-0.25, -0.2) is 0 Å². The summed E-state index contributed by atoms with van der Waals surface area (Å²) in [5.74, 6) is 1.45. The standard InChI is InChI=1S/C52H46N2/c1-51(2)49-21-13-12-20-47(49)48-35-46(32-33-50(48)51)54(43-18-10-5-11-19-43)45-30-26-39(27-31-45)52(36-37-22-23-40(52)34-37)38-24-28-44(29-25-38)53(41-14-6-3-7-15-41)42-16-8-4-9-17-42/h3-21,24-33,35,37,40H,22-23,34,36H2,1-2H3. The SMILES string of the molecule is CC1(C)c2ccccc2-c2cc(N(c3ccccc3)c3ccc(C4(c5ccc(N(c6ccccc6)c6ccccc6)cc5)CC5CCC4C5)cc3)ccc21. The van der Waals surface area contributed by atoms with E-state index in [9.17, 15) is 0 Å². The lowest BCUT2D eigenvalue weighted by atomic mass is 9.64. The number of hydrogen-bond acceptors (Lipinski definition) is 2. The summed E-state index contributed by atoms with van der Waals surface area (Å²) < 4.78 is 0. The van der Waals surface area contributed by atoms with E-state index in [1.165, 1.54) is 93.2 Å². The maximum Gasteiger partial charge on any atom is 0.0468 e. The molecule has 0 heterocycles. The minimum atomic E-state index is -0.0156. The highest BCUT2D eigenvalue weighted by atomic mass is 15.1. The van der Waals surface area contributed by atoms with Crippen molar-refractivity contribution in [2.45, 2.75) is 50.4 Å². The van der Waals surface area contributed by atoms with Crippen LogP contribution in [0.5, 0.6) is 0 Å². The number of anilines is 6. The summed E-state index contributed by atoms with van der Waals surface area (Å²) in [6.07, 6.45) is 5.21. The Morgan fingerprint density at radius 3 is 1.37 bits per heavy atom. The number of rotatable bonds is 8. The molecule has 10 rings (SSSR count). The Bertz CT molecular complexity index is 2380. The maximum absolute atomic E-state index is 2.45. The topological polar surface area (TPSA) is 6.48 Å². The summed E-state index contributed by atoms with van der Waals surface area (Å²) >= 11 is 0. The largest absolute Gasteiger partial charge is 0.311 e. The average molecular weight is 699 g/mol. The van der Waals surface area contributed by atoms with Crippen molar-refractivity contribution in [2.24, 2.45) is 11.8 Å². The fourth-order valence-corrected chi connectivity index (χ4v) is 10.5. The van der Waals surface area contributed by atoms with E-state index in [4.69, 9.17) is 0 Å². The molecule has 2 bridgehead atoms. The lowest BCUT2D eigenvalue weighted by Crippen LogP contribution is -2.34. The van der Waals surface area contributed by atoms with Crippen molar-refractivity contribution in [3.05, 3.63) is 204 Å². The predicted octanol–water partition coefficient (Wildman–Crippen LogP) is 14.0. The van der Waals surface area contributed by atoms with E-state index < -0.39 is 0 Å². The van der Waals surface area contributed by atoms with Gasteiger partial charge >= 0.3 is 0 Å². The van der Waals surface area contributed by atoms with Crippen LogP contribution >= 0.6 is 0 Å². The fourth-order valence-electron chi connectivity index (χ4n) is 10.5. The maximum atomic E-state index is 2.45. The van der Waals surface area contributed by atoms with Crippen molar-refractivity contribution in [1.82, 2.24) is 0 Å². The van der Waals surface area contributed by atoms with Crippen LogP contribution in [0.1, 0.15) is 61.8 Å². The van der Waals surface area contributed by atoms with Gasteiger partial charge in [-0.3, -0.25) is 0 Å². The third-order valence-corrected chi connectivity index (χ3v) is 13.0. The third-order valence-electron chi connectivity index (χ3n) is 13.0. The number of fused-ring (bicyclic) bond motifs is 5. The summed E-state index contributed by atoms with van der Waals surface area (Å²) in [6.45, 7) is 4.71. The number of hydrogen-bond donors (Lipinski definition) is 0. The molecule has 2 saturated carbocycles. The quantitative estimate of drug-likeness (QED) is 0.156. The Balaban J connectivity index is 1.04. The first-order chi connectivity index (χ1) is 26.5. The summed E-state index contributed by atoms with van der Waals surface area (Å²) in [5, 5.41) is 0. The zero-order valence-corrected chi connectivity index (χ0v) is 31.2. The Hall–Kier alpha value is -5.86. The zero-order valence-electron chi connectivity index (χ0n) is 31.2. The normalized spacial score (nSPS) is 20.3. The molecular weight excluding hydrogens is 653 g/mol.